The van der Waals surface area contributed by atoms with Crippen LogP contribution in [0.15, 0.2) is 24.3 Å². The molecule has 0 aliphatic rings. The van der Waals surface area contributed by atoms with Crippen molar-refractivity contribution < 1.29 is 14.3 Å². The first-order chi connectivity index (χ1) is 8.90. The van der Waals surface area contributed by atoms with Gasteiger partial charge in [-0.25, -0.2) is 0 Å². The molecule has 1 aromatic rings. The summed E-state index contributed by atoms with van der Waals surface area (Å²) < 4.78 is 10.5. The molecule has 1 unspecified atom stereocenters. The van der Waals surface area contributed by atoms with Gasteiger partial charge in [0.15, 0.2) is 0 Å². The van der Waals surface area contributed by atoms with E-state index in [9.17, 15) is 4.79 Å². The largest absolute Gasteiger partial charge is 0.491 e. The Bertz CT molecular complexity index is 424. The Morgan fingerprint density at radius 2 is 1.95 bits per heavy atom. The van der Waals surface area contributed by atoms with Crippen molar-refractivity contribution in [3.05, 3.63) is 29.8 Å². The summed E-state index contributed by atoms with van der Waals surface area (Å²) in [5.41, 5.74) is 1.12. The Balaban J connectivity index is 2.80. The summed E-state index contributed by atoms with van der Waals surface area (Å²) in [6.07, 6.45) is 0. The van der Waals surface area contributed by atoms with Gasteiger partial charge in [-0.15, -0.1) is 0 Å². The fourth-order valence-electron chi connectivity index (χ4n) is 1.80. The molecule has 0 aromatic heterocycles. The minimum absolute atomic E-state index is 0.00298. The second kappa shape index (κ2) is 6.57. The summed E-state index contributed by atoms with van der Waals surface area (Å²) in [7, 11) is 3.08. The van der Waals surface area contributed by atoms with Crippen LogP contribution in [-0.4, -0.2) is 32.8 Å². The van der Waals surface area contributed by atoms with E-state index in [2.05, 4.69) is 26.1 Å². The zero-order valence-corrected chi connectivity index (χ0v) is 12.3. The van der Waals surface area contributed by atoms with Gasteiger partial charge in [0.05, 0.1) is 7.11 Å². The lowest BCUT2D eigenvalue weighted by Gasteiger charge is -2.23. The minimum Gasteiger partial charge on any atom is -0.491 e. The monoisotopic (exact) mass is 265 g/mol. The van der Waals surface area contributed by atoms with Crippen molar-refractivity contribution in [2.45, 2.75) is 32.2 Å². The second-order valence-corrected chi connectivity index (χ2v) is 5.42. The maximum Gasteiger partial charge on any atom is 0.326 e. The van der Waals surface area contributed by atoms with E-state index in [1.54, 1.807) is 7.05 Å². The zero-order chi connectivity index (χ0) is 14.5. The van der Waals surface area contributed by atoms with Crippen molar-refractivity contribution in [1.29, 1.82) is 0 Å². The number of carbonyl (C=O) groups excluding carboxylic acids is 1. The fraction of sp³-hybridized carbons (Fsp3) is 0.533. The molecule has 1 atom stereocenters. The third-order valence-electron chi connectivity index (χ3n) is 2.93. The molecular weight excluding hydrogens is 242 g/mol. The lowest BCUT2D eigenvalue weighted by molar-refractivity contribution is -0.143. The predicted molar refractivity (Wildman–Crippen MR) is 75.5 cm³/mol. The Morgan fingerprint density at radius 3 is 2.47 bits per heavy atom. The number of rotatable bonds is 5. The molecule has 4 nitrogen and oxygen atoms in total. The maximum absolute atomic E-state index is 11.5. The number of likely N-dealkylation sites (N-methyl/N-ethyl adjacent to an activating group) is 1. The van der Waals surface area contributed by atoms with Crippen molar-refractivity contribution in [2.75, 3.05) is 20.8 Å². The first-order valence-electron chi connectivity index (χ1n) is 6.37. The van der Waals surface area contributed by atoms with E-state index >= 15 is 0 Å². The molecule has 0 saturated heterocycles. The van der Waals surface area contributed by atoms with Crippen LogP contribution >= 0.6 is 0 Å². The average Bonchev–Trinajstić information content (AvgIpc) is 2.38. The SMILES string of the molecule is CNC(COc1ccccc1C(C)(C)C)C(=O)OC. The van der Waals surface area contributed by atoms with Gasteiger partial charge in [-0.3, -0.25) is 4.79 Å². The van der Waals surface area contributed by atoms with Gasteiger partial charge < -0.3 is 14.8 Å². The highest BCUT2D eigenvalue weighted by Gasteiger charge is 2.21. The van der Waals surface area contributed by atoms with Gasteiger partial charge in [-0.2, -0.15) is 0 Å². The minimum atomic E-state index is -0.460. The maximum atomic E-state index is 11.5. The number of hydrogen-bond acceptors (Lipinski definition) is 4. The number of hydrogen-bond donors (Lipinski definition) is 1. The highest BCUT2D eigenvalue weighted by Crippen LogP contribution is 2.30. The van der Waals surface area contributed by atoms with Gasteiger partial charge in [0.1, 0.15) is 18.4 Å². The predicted octanol–water partition coefficient (Wildman–Crippen LogP) is 2.12. The van der Waals surface area contributed by atoms with Gasteiger partial charge in [0.25, 0.3) is 0 Å². The summed E-state index contributed by atoms with van der Waals surface area (Å²) in [5.74, 6) is 0.481. The average molecular weight is 265 g/mol. The zero-order valence-electron chi connectivity index (χ0n) is 12.3. The number of methoxy groups -OCH3 is 1. The van der Waals surface area contributed by atoms with Crippen LogP contribution in [0, 0.1) is 0 Å². The molecule has 0 bridgehead atoms. The van der Waals surface area contributed by atoms with E-state index in [0.717, 1.165) is 11.3 Å². The molecule has 19 heavy (non-hydrogen) atoms. The normalized spacial score (nSPS) is 12.9. The quantitative estimate of drug-likeness (QED) is 0.828. The Morgan fingerprint density at radius 1 is 1.32 bits per heavy atom. The van der Waals surface area contributed by atoms with Crippen LogP contribution in [0.5, 0.6) is 5.75 Å². The molecule has 1 N–H and O–H groups in total. The Labute approximate surface area is 115 Å². The lowest BCUT2D eigenvalue weighted by atomic mass is 9.86. The number of para-hydroxylation sites is 1. The third-order valence-corrected chi connectivity index (χ3v) is 2.93. The first-order valence-corrected chi connectivity index (χ1v) is 6.37. The van der Waals surface area contributed by atoms with Gasteiger partial charge in [-0.05, 0) is 24.1 Å². The van der Waals surface area contributed by atoms with Crippen molar-refractivity contribution in [3.63, 3.8) is 0 Å². The molecule has 0 aliphatic heterocycles. The van der Waals surface area contributed by atoms with Crippen LogP contribution in [-0.2, 0) is 14.9 Å². The Hall–Kier alpha value is -1.55. The molecule has 0 fully saturated rings. The molecule has 0 spiro atoms. The smallest absolute Gasteiger partial charge is 0.326 e. The highest BCUT2D eigenvalue weighted by molar-refractivity contribution is 5.75. The molecule has 4 heteroatoms. The van der Waals surface area contributed by atoms with Crippen molar-refractivity contribution >= 4 is 5.97 Å². The second-order valence-electron chi connectivity index (χ2n) is 5.42. The van der Waals surface area contributed by atoms with Gasteiger partial charge in [-0.1, -0.05) is 39.0 Å². The molecule has 0 heterocycles. The van der Waals surface area contributed by atoms with E-state index < -0.39 is 6.04 Å². The lowest BCUT2D eigenvalue weighted by Crippen LogP contribution is -2.40. The first kappa shape index (κ1) is 15.5. The van der Waals surface area contributed by atoms with Crippen LogP contribution in [0.1, 0.15) is 26.3 Å². The summed E-state index contributed by atoms with van der Waals surface area (Å²) in [6, 6.07) is 7.42. The van der Waals surface area contributed by atoms with Crippen LogP contribution in [0.2, 0.25) is 0 Å². The summed E-state index contributed by atoms with van der Waals surface area (Å²) in [4.78, 5) is 11.5. The third kappa shape index (κ3) is 4.24. The van der Waals surface area contributed by atoms with Gasteiger partial charge in [0.2, 0.25) is 0 Å². The van der Waals surface area contributed by atoms with E-state index in [0.29, 0.717) is 0 Å². The number of carbonyl (C=O) groups is 1. The van der Waals surface area contributed by atoms with E-state index in [-0.39, 0.29) is 18.0 Å². The molecule has 0 amide bonds. The number of nitrogens with one attached hydrogen (secondary N) is 1. The fourth-order valence-corrected chi connectivity index (χ4v) is 1.80. The van der Waals surface area contributed by atoms with Crippen molar-refractivity contribution in [3.8, 4) is 5.75 Å². The molecule has 1 aromatic carbocycles. The molecular formula is C15H23NO3. The molecule has 106 valence electrons. The topological polar surface area (TPSA) is 47.6 Å². The standard InChI is InChI=1S/C15H23NO3/c1-15(2,3)11-8-6-7-9-13(11)19-10-12(16-4)14(17)18-5/h6-9,12,16H,10H2,1-5H3. The highest BCUT2D eigenvalue weighted by atomic mass is 16.5. The van der Waals surface area contributed by atoms with E-state index in [1.807, 2.05) is 24.3 Å². The van der Waals surface area contributed by atoms with Crippen molar-refractivity contribution in [2.24, 2.45) is 0 Å². The molecule has 0 aliphatic carbocycles. The van der Waals surface area contributed by atoms with Crippen LogP contribution in [0.4, 0.5) is 0 Å². The molecule has 1 rings (SSSR count). The molecule has 0 saturated carbocycles. The summed E-state index contributed by atoms with van der Waals surface area (Å²) in [6.45, 7) is 6.64. The van der Waals surface area contributed by atoms with Gasteiger partial charge in [0, 0.05) is 0 Å². The van der Waals surface area contributed by atoms with Crippen molar-refractivity contribution in [1.82, 2.24) is 5.32 Å². The van der Waals surface area contributed by atoms with Crippen LogP contribution in [0.3, 0.4) is 0 Å². The number of benzene rings is 1. The number of esters is 1. The summed E-state index contributed by atoms with van der Waals surface area (Å²) >= 11 is 0. The van der Waals surface area contributed by atoms with Gasteiger partial charge >= 0.3 is 5.97 Å². The van der Waals surface area contributed by atoms with E-state index in [4.69, 9.17) is 9.47 Å². The van der Waals surface area contributed by atoms with E-state index in [1.165, 1.54) is 7.11 Å². The number of ether oxygens (including phenoxy) is 2. The van der Waals surface area contributed by atoms with Crippen LogP contribution < -0.4 is 10.1 Å². The molecule has 0 radical (unpaired) electrons. The van der Waals surface area contributed by atoms with Crippen LogP contribution in [0.25, 0.3) is 0 Å². The Kier molecular flexibility index (Phi) is 5.36. The summed E-state index contributed by atoms with van der Waals surface area (Å²) in [5, 5.41) is 2.88.